The van der Waals surface area contributed by atoms with Gasteiger partial charge < -0.3 is 19.9 Å². The molecule has 1 N–H and O–H groups in total. The molecule has 0 bridgehead atoms. The normalized spacial score (nSPS) is 17.2. The second-order valence-corrected chi connectivity index (χ2v) is 10.5. The number of aryl methyl sites for hydroxylation is 1. The number of fused-ring (bicyclic) bond motifs is 1. The molecule has 1 amide bonds. The molecule has 0 unspecified atom stereocenters. The van der Waals surface area contributed by atoms with E-state index >= 15 is 0 Å². The fourth-order valence-corrected chi connectivity index (χ4v) is 5.47. The minimum absolute atomic E-state index is 0.136. The van der Waals surface area contributed by atoms with Crippen molar-refractivity contribution < 1.29 is 9.53 Å². The van der Waals surface area contributed by atoms with Crippen LogP contribution in [0.25, 0.3) is 17.0 Å². The number of hydrogen-bond donors (Lipinski definition) is 1. The first kappa shape index (κ1) is 25.3. The summed E-state index contributed by atoms with van der Waals surface area (Å²) in [6.07, 6.45) is 8.64. The third-order valence-electron chi connectivity index (χ3n) is 7.39. The van der Waals surface area contributed by atoms with Gasteiger partial charge in [-0.15, -0.1) is 0 Å². The first-order valence-electron chi connectivity index (χ1n) is 13.6. The molecule has 37 heavy (non-hydrogen) atoms. The largest absolute Gasteiger partial charge is 0.491 e. The number of aromatic nitrogens is 1. The molecule has 194 valence electrons. The van der Waals surface area contributed by atoms with E-state index in [9.17, 15) is 4.79 Å². The number of nitrogens with zero attached hydrogens (tertiary/aromatic N) is 3. The molecular weight excluding hydrogens is 460 g/mol. The Kier molecular flexibility index (Phi) is 7.75. The first-order chi connectivity index (χ1) is 17.9. The van der Waals surface area contributed by atoms with E-state index in [-0.39, 0.29) is 12.0 Å². The van der Waals surface area contributed by atoms with Crippen molar-refractivity contribution in [1.29, 1.82) is 0 Å². The zero-order chi connectivity index (χ0) is 25.8. The van der Waals surface area contributed by atoms with Crippen molar-refractivity contribution in [3.8, 4) is 5.75 Å². The third kappa shape index (κ3) is 6.31. The van der Waals surface area contributed by atoms with Gasteiger partial charge in [0.05, 0.1) is 11.6 Å². The lowest BCUT2D eigenvalue weighted by Crippen LogP contribution is -2.44. The second-order valence-electron chi connectivity index (χ2n) is 10.5. The standard InChI is InChI=1S/C31H38N4O2/c1-22(2)37-27-10-6-24(7-11-27)8-13-31(36)32-25-9-12-29-28(21-25)23(3)20-30(33-29)35-18-14-26(15-19-35)34-16-4-5-17-34/h6-13,20-22,26H,4-5,14-19H2,1-3H3,(H,32,36). The second kappa shape index (κ2) is 11.3. The summed E-state index contributed by atoms with van der Waals surface area (Å²) in [5, 5.41) is 4.05. The highest BCUT2D eigenvalue weighted by Crippen LogP contribution is 2.28. The molecule has 6 heteroatoms. The molecule has 2 aromatic carbocycles. The number of benzene rings is 2. The fraction of sp³-hybridized carbons (Fsp3) is 0.419. The summed E-state index contributed by atoms with van der Waals surface area (Å²) in [4.78, 5) is 22.6. The average molecular weight is 499 g/mol. The number of carbonyl (C=O) groups excluding carboxylic acids is 1. The maximum absolute atomic E-state index is 12.6. The molecule has 1 aromatic heterocycles. The van der Waals surface area contributed by atoms with Crippen LogP contribution in [0.15, 0.2) is 54.6 Å². The van der Waals surface area contributed by atoms with Gasteiger partial charge in [-0.2, -0.15) is 0 Å². The molecule has 0 atom stereocenters. The Morgan fingerprint density at radius 1 is 1.03 bits per heavy atom. The molecule has 3 aromatic rings. The van der Waals surface area contributed by atoms with Crippen LogP contribution in [-0.4, -0.2) is 54.1 Å². The SMILES string of the molecule is Cc1cc(N2CCC(N3CCCC3)CC2)nc2ccc(NC(=O)C=Cc3ccc(OC(C)C)cc3)cc12. The monoisotopic (exact) mass is 498 g/mol. The summed E-state index contributed by atoms with van der Waals surface area (Å²) >= 11 is 0. The molecule has 5 rings (SSSR count). The number of nitrogens with one attached hydrogen (secondary N) is 1. The molecule has 2 aliphatic rings. The minimum atomic E-state index is -0.162. The predicted octanol–water partition coefficient (Wildman–Crippen LogP) is 6.05. The van der Waals surface area contributed by atoms with Crippen LogP contribution >= 0.6 is 0 Å². The summed E-state index contributed by atoms with van der Waals surface area (Å²) in [6.45, 7) is 10.8. The molecule has 0 aliphatic carbocycles. The van der Waals surface area contributed by atoms with Crippen LogP contribution in [0.1, 0.15) is 50.7 Å². The highest BCUT2D eigenvalue weighted by Gasteiger charge is 2.27. The third-order valence-corrected chi connectivity index (χ3v) is 7.39. The number of ether oxygens (including phenoxy) is 1. The van der Waals surface area contributed by atoms with Gasteiger partial charge in [0, 0.05) is 36.3 Å². The van der Waals surface area contributed by atoms with Crippen LogP contribution in [0, 0.1) is 6.92 Å². The Morgan fingerprint density at radius 3 is 2.46 bits per heavy atom. The highest BCUT2D eigenvalue weighted by molar-refractivity contribution is 6.03. The van der Waals surface area contributed by atoms with Gasteiger partial charge in [-0.25, -0.2) is 4.98 Å². The molecule has 3 heterocycles. The van der Waals surface area contributed by atoms with Gasteiger partial charge in [0.15, 0.2) is 0 Å². The Bertz CT molecular complexity index is 1250. The predicted molar refractivity (Wildman–Crippen MR) is 152 cm³/mol. The smallest absolute Gasteiger partial charge is 0.248 e. The summed E-state index contributed by atoms with van der Waals surface area (Å²) < 4.78 is 5.67. The maximum atomic E-state index is 12.6. The van der Waals surface area contributed by atoms with Gasteiger partial charge in [-0.05, 0) is 113 Å². The van der Waals surface area contributed by atoms with E-state index < -0.39 is 0 Å². The first-order valence-corrected chi connectivity index (χ1v) is 13.6. The van der Waals surface area contributed by atoms with Gasteiger partial charge >= 0.3 is 0 Å². The Balaban J connectivity index is 1.21. The lowest BCUT2D eigenvalue weighted by molar-refractivity contribution is -0.111. The molecule has 2 aliphatic heterocycles. The fourth-order valence-electron chi connectivity index (χ4n) is 5.47. The van der Waals surface area contributed by atoms with Crippen LogP contribution < -0.4 is 15.0 Å². The van der Waals surface area contributed by atoms with Crippen molar-refractivity contribution in [2.24, 2.45) is 0 Å². The van der Waals surface area contributed by atoms with Gasteiger partial charge in [0.1, 0.15) is 11.6 Å². The molecule has 2 saturated heterocycles. The van der Waals surface area contributed by atoms with Crippen molar-refractivity contribution >= 4 is 34.4 Å². The topological polar surface area (TPSA) is 57.7 Å². The number of pyridine rings is 1. The number of anilines is 2. The van der Waals surface area contributed by atoms with Crippen molar-refractivity contribution in [3.63, 3.8) is 0 Å². The van der Waals surface area contributed by atoms with Crippen LogP contribution in [0.4, 0.5) is 11.5 Å². The Labute approximate surface area is 220 Å². The van der Waals surface area contributed by atoms with E-state index in [0.717, 1.165) is 52.9 Å². The van der Waals surface area contributed by atoms with Crippen LogP contribution in [0.3, 0.4) is 0 Å². The van der Waals surface area contributed by atoms with Gasteiger partial charge in [-0.1, -0.05) is 12.1 Å². The summed E-state index contributed by atoms with van der Waals surface area (Å²) in [5.74, 6) is 1.73. The van der Waals surface area contributed by atoms with Crippen molar-refractivity contribution in [2.75, 3.05) is 36.4 Å². The highest BCUT2D eigenvalue weighted by atomic mass is 16.5. The van der Waals surface area contributed by atoms with Gasteiger partial charge in [-0.3, -0.25) is 4.79 Å². The maximum Gasteiger partial charge on any atom is 0.248 e. The summed E-state index contributed by atoms with van der Waals surface area (Å²) in [7, 11) is 0. The van der Waals surface area contributed by atoms with Crippen molar-refractivity contribution in [3.05, 3.63) is 65.7 Å². The molecule has 2 fully saturated rings. The number of likely N-dealkylation sites (tertiary alicyclic amines) is 1. The molecule has 6 nitrogen and oxygen atoms in total. The van der Waals surface area contributed by atoms with Crippen molar-refractivity contribution in [2.45, 2.75) is 58.6 Å². The molecule has 0 saturated carbocycles. The zero-order valence-electron chi connectivity index (χ0n) is 22.2. The minimum Gasteiger partial charge on any atom is -0.491 e. The zero-order valence-corrected chi connectivity index (χ0v) is 22.2. The van der Waals surface area contributed by atoms with Gasteiger partial charge in [0.25, 0.3) is 0 Å². The summed E-state index contributed by atoms with van der Waals surface area (Å²) in [6, 6.07) is 16.6. The van der Waals surface area contributed by atoms with E-state index in [2.05, 4.69) is 28.1 Å². The van der Waals surface area contributed by atoms with Crippen LogP contribution in [-0.2, 0) is 4.79 Å². The number of rotatable bonds is 7. The quantitative estimate of drug-likeness (QED) is 0.402. The van der Waals surface area contributed by atoms with Crippen molar-refractivity contribution in [1.82, 2.24) is 9.88 Å². The average Bonchev–Trinajstić information content (AvgIpc) is 3.43. The van der Waals surface area contributed by atoms with E-state index in [1.54, 1.807) is 6.08 Å². The number of piperidine rings is 1. The van der Waals surface area contributed by atoms with E-state index in [0.29, 0.717) is 0 Å². The number of hydrogen-bond acceptors (Lipinski definition) is 5. The Hall–Kier alpha value is -3.38. The van der Waals surface area contributed by atoms with Crippen LogP contribution in [0.5, 0.6) is 5.75 Å². The van der Waals surface area contributed by atoms with Crippen LogP contribution in [0.2, 0.25) is 0 Å². The summed E-state index contributed by atoms with van der Waals surface area (Å²) in [5.41, 5.74) is 3.86. The number of carbonyl (C=O) groups is 1. The molecule has 0 radical (unpaired) electrons. The van der Waals surface area contributed by atoms with Gasteiger partial charge in [0.2, 0.25) is 5.91 Å². The Morgan fingerprint density at radius 2 is 1.76 bits per heavy atom. The molecule has 0 spiro atoms. The molecular formula is C31H38N4O2. The lowest BCUT2D eigenvalue weighted by Gasteiger charge is -2.37. The van der Waals surface area contributed by atoms with E-state index in [4.69, 9.17) is 9.72 Å². The lowest BCUT2D eigenvalue weighted by atomic mass is 10.0. The van der Waals surface area contributed by atoms with E-state index in [1.165, 1.54) is 44.3 Å². The number of amides is 1. The van der Waals surface area contributed by atoms with E-state index in [1.807, 2.05) is 62.4 Å².